The number of piperidine rings is 1. The minimum absolute atomic E-state index is 0.00943. The maximum absolute atomic E-state index is 13.4. The third kappa shape index (κ3) is 3.95. The van der Waals surface area contributed by atoms with E-state index < -0.39 is 0 Å². The molecule has 2 N–H and O–H groups in total. The lowest BCUT2D eigenvalue weighted by molar-refractivity contribution is 0.0678. The van der Waals surface area contributed by atoms with Crippen molar-refractivity contribution in [1.82, 2.24) is 19.0 Å². The second-order valence-electron chi connectivity index (χ2n) is 10.3. The van der Waals surface area contributed by atoms with Crippen LogP contribution in [0.5, 0.6) is 5.75 Å². The quantitative estimate of drug-likeness (QED) is 0.396. The van der Waals surface area contributed by atoms with Gasteiger partial charge in [0, 0.05) is 37.6 Å². The van der Waals surface area contributed by atoms with Crippen LogP contribution in [0.25, 0.3) is 33.5 Å². The number of nitrogens with zero attached hydrogens (tertiary/aromatic N) is 4. The van der Waals surface area contributed by atoms with Crippen molar-refractivity contribution < 1.29 is 9.53 Å². The van der Waals surface area contributed by atoms with Crippen LogP contribution >= 0.6 is 11.6 Å². The fourth-order valence-electron chi connectivity index (χ4n) is 5.66. The smallest absolute Gasteiger partial charge is 0.254 e. The summed E-state index contributed by atoms with van der Waals surface area (Å²) in [4.78, 5) is 20.4. The number of methoxy groups -OCH3 is 1. The lowest BCUT2D eigenvalue weighted by Gasteiger charge is -2.32. The molecule has 0 unspecified atom stereocenters. The second kappa shape index (κ2) is 9.12. The zero-order valence-electron chi connectivity index (χ0n) is 20.8. The minimum atomic E-state index is 0.00943. The number of halogens is 1. The fourth-order valence-corrected chi connectivity index (χ4v) is 5.94. The summed E-state index contributed by atoms with van der Waals surface area (Å²) < 4.78 is 10.2. The number of ether oxygens (including phenoxy) is 1. The van der Waals surface area contributed by atoms with Crippen molar-refractivity contribution in [2.24, 2.45) is 24.6 Å². The molecule has 7 nitrogen and oxygen atoms in total. The van der Waals surface area contributed by atoms with Gasteiger partial charge in [0.05, 0.1) is 28.9 Å². The molecule has 2 fully saturated rings. The summed E-state index contributed by atoms with van der Waals surface area (Å²) in [6.45, 7) is 2.98. The van der Waals surface area contributed by atoms with E-state index in [4.69, 9.17) is 27.1 Å². The van der Waals surface area contributed by atoms with Crippen LogP contribution in [-0.4, -0.2) is 51.7 Å². The van der Waals surface area contributed by atoms with Gasteiger partial charge in [0.25, 0.3) is 5.91 Å². The number of fused-ring (bicyclic) bond motifs is 2. The Hall–Kier alpha value is -3.03. The van der Waals surface area contributed by atoms with Gasteiger partial charge in [-0.25, -0.2) is 4.98 Å². The molecule has 0 bridgehead atoms. The summed E-state index contributed by atoms with van der Waals surface area (Å²) in [6, 6.07) is 11.9. The molecule has 1 aliphatic carbocycles. The van der Waals surface area contributed by atoms with Crippen LogP contribution in [0.2, 0.25) is 5.02 Å². The van der Waals surface area contributed by atoms with E-state index in [0.29, 0.717) is 36.2 Å². The first-order chi connectivity index (χ1) is 17.5. The standard InChI is InChI=1S/C28H32ClN5O2/c1-32-26-22(11-20(13-24(26)36-2)28(35)33-10-4-5-18(14-30)15-33)31-27(32)23-12-19-6-3-7-21(29)25(19)34(23)16-17-8-9-17/h3,6-7,11-13,17-18H,4-5,8-10,14-16,30H2,1-2H3/t18-/m0/s1. The number of aromatic nitrogens is 3. The number of imidazole rings is 1. The third-order valence-electron chi connectivity index (χ3n) is 7.78. The Balaban J connectivity index is 1.47. The number of carbonyl (C=O) groups is 1. The lowest BCUT2D eigenvalue weighted by atomic mass is 9.97. The monoisotopic (exact) mass is 505 g/mol. The van der Waals surface area contributed by atoms with E-state index in [-0.39, 0.29) is 5.91 Å². The average molecular weight is 506 g/mol. The largest absolute Gasteiger partial charge is 0.494 e. The maximum Gasteiger partial charge on any atom is 0.254 e. The van der Waals surface area contributed by atoms with Crippen LogP contribution in [0.1, 0.15) is 36.0 Å². The molecule has 2 aromatic heterocycles. The molecule has 1 saturated carbocycles. The van der Waals surface area contributed by atoms with Crippen LogP contribution in [-0.2, 0) is 13.6 Å². The molecule has 0 radical (unpaired) electrons. The summed E-state index contributed by atoms with van der Waals surface area (Å²) in [7, 11) is 3.65. The highest BCUT2D eigenvalue weighted by atomic mass is 35.5. The topological polar surface area (TPSA) is 78.3 Å². The molecule has 1 saturated heterocycles. The third-order valence-corrected chi connectivity index (χ3v) is 8.08. The first-order valence-corrected chi connectivity index (χ1v) is 13.2. The van der Waals surface area contributed by atoms with Gasteiger partial charge in [-0.2, -0.15) is 0 Å². The van der Waals surface area contributed by atoms with Gasteiger partial charge in [-0.15, -0.1) is 0 Å². The van der Waals surface area contributed by atoms with Crippen LogP contribution in [0.3, 0.4) is 0 Å². The molecule has 4 aromatic rings. The number of rotatable bonds is 6. The van der Waals surface area contributed by atoms with E-state index in [1.807, 2.05) is 36.2 Å². The molecule has 3 heterocycles. The number of likely N-dealkylation sites (tertiary alicyclic amines) is 1. The van der Waals surface area contributed by atoms with Crippen LogP contribution in [0.4, 0.5) is 0 Å². The molecule has 0 spiro atoms. The number of carbonyl (C=O) groups excluding carboxylic acids is 1. The van der Waals surface area contributed by atoms with E-state index in [9.17, 15) is 4.79 Å². The molecule has 2 aliphatic rings. The Labute approximate surface area is 215 Å². The van der Waals surface area contributed by atoms with Gasteiger partial charge in [-0.1, -0.05) is 23.7 Å². The van der Waals surface area contributed by atoms with Crippen molar-refractivity contribution in [3.05, 3.63) is 47.0 Å². The molecule has 36 heavy (non-hydrogen) atoms. The normalized spacial score (nSPS) is 18.3. The van der Waals surface area contributed by atoms with Crippen molar-refractivity contribution in [3.8, 4) is 17.3 Å². The summed E-state index contributed by atoms with van der Waals surface area (Å²) >= 11 is 6.67. The van der Waals surface area contributed by atoms with Crippen molar-refractivity contribution in [2.75, 3.05) is 26.7 Å². The molecule has 1 atom stereocenters. The van der Waals surface area contributed by atoms with E-state index >= 15 is 0 Å². The van der Waals surface area contributed by atoms with Crippen LogP contribution in [0.15, 0.2) is 36.4 Å². The van der Waals surface area contributed by atoms with Crippen molar-refractivity contribution in [3.63, 3.8) is 0 Å². The van der Waals surface area contributed by atoms with E-state index in [1.54, 1.807) is 7.11 Å². The Kier molecular flexibility index (Phi) is 5.92. The van der Waals surface area contributed by atoms with E-state index in [1.165, 1.54) is 12.8 Å². The van der Waals surface area contributed by atoms with Crippen molar-refractivity contribution >= 4 is 39.4 Å². The minimum Gasteiger partial charge on any atom is -0.494 e. The Morgan fingerprint density at radius 3 is 2.75 bits per heavy atom. The van der Waals surface area contributed by atoms with Gasteiger partial charge >= 0.3 is 0 Å². The number of amides is 1. The molecule has 1 aliphatic heterocycles. The summed E-state index contributed by atoms with van der Waals surface area (Å²) in [5.41, 5.74) is 10.2. The van der Waals surface area contributed by atoms with Gasteiger partial charge in [0.15, 0.2) is 5.82 Å². The second-order valence-corrected chi connectivity index (χ2v) is 10.7. The molecule has 188 valence electrons. The van der Waals surface area contributed by atoms with E-state index in [0.717, 1.165) is 64.4 Å². The molecule has 8 heteroatoms. The van der Waals surface area contributed by atoms with Gasteiger partial charge in [-0.3, -0.25) is 4.79 Å². The number of aryl methyl sites for hydroxylation is 1. The molecular weight excluding hydrogens is 474 g/mol. The number of para-hydroxylation sites is 1. The van der Waals surface area contributed by atoms with Gasteiger partial charge < -0.3 is 24.5 Å². The number of hydrogen-bond donors (Lipinski definition) is 1. The first kappa shape index (κ1) is 23.4. The average Bonchev–Trinajstić information content (AvgIpc) is 3.56. The Morgan fingerprint density at radius 1 is 1.17 bits per heavy atom. The summed E-state index contributed by atoms with van der Waals surface area (Å²) in [5.74, 6) is 2.52. The van der Waals surface area contributed by atoms with Crippen molar-refractivity contribution in [1.29, 1.82) is 0 Å². The van der Waals surface area contributed by atoms with E-state index in [2.05, 4.69) is 21.3 Å². The summed E-state index contributed by atoms with van der Waals surface area (Å²) in [6.07, 6.45) is 4.54. The van der Waals surface area contributed by atoms with Gasteiger partial charge in [0.1, 0.15) is 11.3 Å². The van der Waals surface area contributed by atoms with Crippen LogP contribution < -0.4 is 10.5 Å². The Morgan fingerprint density at radius 2 is 2.00 bits per heavy atom. The zero-order valence-corrected chi connectivity index (χ0v) is 21.6. The zero-order chi connectivity index (χ0) is 25.0. The van der Waals surface area contributed by atoms with Gasteiger partial charge in [0.2, 0.25) is 0 Å². The van der Waals surface area contributed by atoms with Crippen molar-refractivity contribution in [2.45, 2.75) is 32.2 Å². The first-order valence-electron chi connectivity index (χ1n) is 12.8. The predicted molar refractivity (Wildman–Crippen MR) is 144 cm³/mol. The Bertz CT molecular complexity index is 1470. The molecule has 2 aromatic carbocycles. The molecular formula is C28H32ClN5O2. The van der Waals surface area contributed by atoms with Gasteiger partial charge in [-0.05, 0) is 68.3 Å². The molecule has 1 amide bonds. The van der Waals surface area contributed by atoms with Crippen LogP contribution in [0, 0.1) is 11.8 Å². The number of nitrogens with two attached hydrogens (primary N) is 1. The SMILES string of the molecule is COc1cc(C(=O)N2CCC[C@@H](CN)C2)cc2nc(-c3cc4cccc(Cl)c4n3CC3CC3)n(C)c12. The molecule has 6 rings (SSSR count). The lowest BCUT2D eigenvalue weighted by Crippen LogP contribution is -2.42. The highest BCUT2D eigenvalue weighted by molar-refractivity contribution is 6.35. The fraction of sp³-hybridized carbons (Fsp3) is 0.429. The maximum atomic E-state index is 13.4. The number of benzene rings is 2. The highest BCUT2D eigenvalue weighted by Crippen LogP contribution is 2.39. The summed E-state index contributed by atoms with van der Waals surface area (Å²) in [5, 5.41) is 1.86. The number of hydrogen-bond acceptors (Lipinski definition) is 4. The highest BCUT2D eigenvalue weighted by Gasteiger charge is 2.28. The predicted octanol–water partition coefficient (Wildman–Crippen LogP) is 5.08.